The Kier molecular flexibility index (Phi) is 5.24. The highest BCUT2D eigenvalue weighted by molar-refractivity contribution is 5.98. The van der Waals surface area contributed by atoms with Crippen molar-refractivity contribution in [1.29, 1.82) is 0 Å². The van der Waals surface area contributed by atoms with Crippen molar-refractivity contribution in [2.75, 3.05) is 13.1 Å². The van der Waals surface area contributed by atoms with Crippen LogP contribution in [0, 0.1) is 5.82 Å². The molecule has 1 aliphatic heterocycles. The van der Waals surface area contributed by atoms with Gasteiger partial charge < -0.3 is 9.64 Å². The number of halogens is 3. The molecule has 1 atom stereocenters. The van der Waals surface area contributed by atoms with Crippen LogP contribution in [0.15, 0.2) is 73.1 Å². The summed E-state index contributed by atoms with van der Waals surface area (Å²) in [5.41, 5.74) is -0.141. The van der Waals surface area contributed by atoms with Gasteiger partial charge in [-0.1, -0.05) is 36.4 Å². The minimum atomic E-state index is -3.15. The SMILES string of the molecule is O=C(c1c(F)cccc1-n1nccn1)N1CCC(F)(F)C(Oc2ccc3ccccc3c2)C1. The molecule has 3 aromatic carbocycles. The van der Waals surface area contributed by atoms with Gasteiger partial charge in [-0.05, 0) is 35.0 Å². The molecule has 2 heterocycles. The Hall–Kier alpha value is -3.88. The third-order valence-corrected chi connectivity index (χ3v) is 5.70. The number of likely N-dealkylation sites (tertiary alicyclic amines) is 1. The molecule has 1 aromatic heterocycles. The first-order chi connectivity index (χ1) is 15.9. The van der Waals surface area contributed by atoms with Gasteiger partial charge in [0.05, 0.1) is 18.9 Å². The van der Waals surface area contributed by atoms with Gasteiger partial charge in [-0.3, -0.25) is 4.79 Å². The van der Waals surface area contributed by atoms with E-state index >= 15 is 0 Å². The summed E-state index contributed by atoms with van der Waals surface area (Å²) in [7, 11) is 0. The van der Waals surface area contributed by atoms with Crippen molar-refractivity contribution >= 4 is 16.7 Å². The largest absolute Gasteiger partial charge is 0.482 e. The van der Waals surface area contributed by atoms with Crippen molar-refractivity contribution in [2.45, 2.75) is 18.4 Å². The summed E-state index contributed by atoms with van der Waals surface area (Å²) in [6.45, 7) is -0.622. The highest BCUT2D eigenvalue weighted by Crippen LogP contribution is 2.34. The predicted molar refractivity (Wildman–Crippen MR) is 115 cm³/mol. The Bertz CT molecular complexity index is 1310. The predicted octanol–water partition coefficient (Wildman–Crippen LogP) is 4.49. The van der Waals surface area contributed by atoms with Crippen LogP contribution >= 0.6 is 0 Å². The third kappa shape index (κ3) is 4.02. The van der Waals surface area contributed by atoms with Gasteiger partial charge in [0.25, 0.3) is 11.8 Å². The van der Waals surface area contributed by atoms with Crippen LogP contribution in [0.25, 0.3) is 16.5 Å². The number of fused-ring (bicyclic) bond motifs is 1. The van der Waals surface area contributed by atoms with E-state index in [4.69, 9.17) is 4.74 Å². The Morgan fingerprint density at radius 3 is 2.55 bits per heavy atom. The van der Waals surface area contributed by atoms with Gasteiger partial charge in [-0.15, -0.1) is 0 Å². The lowest BCUT2D eigenvalue weighted by Gasteiger charge is -2.38. The summed E-state index contributed by atoms with van der Waals surface area (Å²) in [6, 6.07) is 16.7. The zero-order valence-electron chi connectivity index (χ0n) is 17.4. The average Bonchev–Trinajstić information content (AvgIpc) is 3.35. The molecule has 0 spiro atoms. The number of ether oxygens (including phenoxy) is 1. The normalized spacial score (nSPS) is 17.8. The molecule has 1 amide bonds. The number of hydrogen-bond donors (Lipinski definition) is 0. The fourth-order valence-corrected chi connectivity index (χ4v) is 3.97. The van der Waals surface area contributed by atoms with Crippen molar-refractivity contribution in [3.05, 3.63) is 84.4 Å². The summed E-state index contributed by atoms with van der Waals surface area (Å²) in [5.74, 6) is -4.37. The highest BCUT2D eigenvalue weighted by atomic mass is 19.3. The monoisotopic (exact) mass is 452 g/mol. The molecule has 0 saturated carbocycles. The minimum Gasteiger partial charge on any atom is -0.482 e. The van der Waals surface area contributed by atoms with Gasteiger partial charge in [0.2, 0.25) is 0 Å². The second-order valence-electron chi connectivity index (χ2n) is 7.83. The number of nitrogens with zero attached hydrogens (tertiary/aromatic N) is 4. The van der Waals surface area contributed by atoms with Crippen LogP contribution in [0.3, 0.4) is 0 Å². The minimum absolute atomic E-state index is 0.134. The fourth-order valence-electron chi connectivity index (χ4n) is 3.97. The first kappa shape index (κ1) is 21.0. The van der Waals surface area contributed by atoms with Crippen LogP contribution in [0.5, 0.6) is 5.75 Å². The molecule has 1 fully saturated rings. The number of amides is 1. The molecule has 1 saturated heterocycles. The molecule has 0 N–H and O–H groups in total. The van der Waals surface area contributed by atoms with Gasteiger partial charge in [0.15, 0.2) is 6.10 Å². The molecule has 4 aromatic rings. The highest BCUT2D eigenvalue weighted by Gasteiger charge is 2.47. The maximum atomic E-state index is 14.7. The summed E-state index contributed by atoms with van der Waals surface area (Å²) in [6.07, 6.45) is 0.623. The molecular formula is C24H19F3N4O2. The Morgan fingerprint density at radius 2 is 1.76 bits per heavy atom. The molecule has 6 nitrogen and oxygen atoms in total. The molecule has 0 radical (unpaired) electrons. The molecule has 168 valence electrons. The number of hydrogen-bond acceptors (Lipinski definition) is 4. The van der Waals surface area contributed by atoms with Crippen molar-refractivity contribution < 1.29 is 22.7 Å². The fraction of sp³-hybridized carbons (Fsp3) is 0.208. The van der Waals surface area contributed by atoms with E-state index in [1.807, 2.05) is 24.3 Å². The van der Waals surface area contributed by atoms with E-state index in [1.165, 1.54) is 29.4 Å². The van der Waals surface area contributed by atoms with Crippen LogP contribution in [-0.2, 0) is 0 Å². The molecular weight excluding hydrogens is 433 g/mol. The summed E-state index contributed by atoms with van der Waals surface area (Å²) < 4.78 is 49.8. The molecule has 33 heavy (non-hydrogen) atoms. The van der Waals surface area contributed by atoms with Gasteiger partial charge in [-0.2, -0.15) is 15.0 Å². The second kappa shape index (κ2) is 8.23. The smallest absolute Gasteiger partial charge is 0.287 e. The first-order valence-corrected chi connectivity index (χ1v) is 10.4. The van der Waals surface area contributed by atoms with Crippen molar-refractivity contribution in [1.82, 2.24) is 19.9 Å². The maximum absolute atomic E-state index is 14.7. The topological polar surface area (TPSA) is 60.2 Å². The number of carbonyl (C=O) groups is 1. The quantitative estimate of drug-likeness (QED) is 0.458. The first-order valence-electron chi connectivity index (χ1n) is 10.4. The Balaban J connectivity index is 1.42. The lowest BCUT2D eigenvalue weighted by atomic mass is 10.0. The van der Waals surface area contributed by atoms with Gasteiger partial charge >= 0.3 is 0 Å². The molecule has 0 bridgehead atoms. The molecule has 0 aliphatic carbocycles. The van der Waals surface area contributed by atoms with Crippen LogP contribution in [0.1, 0.15) is 16.8 Å². The van der Waals surface area contributed by atoms with E-state index in [-0.39, 0.29) is 30.1 Å². The summed E-state index contributed by atoms with van der Waals surface area (Å²) >= 11 is 0. The van der Waals surface area contributed by atoms with Crippen LogP contribution in [0.2, 0.25) is 0 Å². The van der Waals surface area contributed by atoms with Crippen LogP contribution < -0.4 is 4.74 Å². The number of alkyl halides is 2. The van der Waals surface area contributed by atoms with Crippen LogP contribution in [-0.4, -0.2) is 50.9 Å². The third-order valence-electron chi connectivity index (χ3n) is 5.70. The Morgan fingerprint density at radius 1 is 1.00 bits per heavy atom. The molecule has 5 rings (SSSR count). The Labute approximate surface area is 187 Å². The van der Waals surface area contributed by atoms with E-state index in [1.54, 1.807) is 18.2 Å². The van der Waals surface area contributed by atoms with E-state index in [2.05, 4.69) is 10.2 Å². The lowest BCUT2D eigenvalue weighted by molar-refractivity contribution is -0.130. The van der Waals surface area contributed by atoms with Gasteiger partial charge in [-0.25, -0.2) is 13.2 Å². The van der Waals surface area contributed by atoms with E-state index < -0.39 is 30.2 Å². The van der Waals surface area contributed by atoms with Crippen molar-refractivity contribution in [3.8, 4) is 11.4 Å². The standard InChI is InChI=1S/C24H19F3N4O2/c25-19-6-3-7-20(31-28-11-12-29-31)22(19)23(32)30-13-10-24(26,27)21(15-30)33-18-9-8-16-4-1-2-5-17(16)14-18/h1-9,11-12,14,21H,10,13,15H2. The molecule has 1 aliphatic rings. The second-order valence-corrected chi connectivity index (χ2v) is 7.83. The van der Waals surface area contributed by atoms with Crippen molar-refractivity contribution in [3.63, 3.8) is 0 Å². The van der Waals surface area contributed by atoms with E-state index in [9.17, 15) is 18.0 Å². The number of piperidine rings is 1. The van der Waals surface area contributed by atoms with Crippen LogP contribution in [0.4, 0.5) is 13.2 Å². The molecule has 1 unspecified atom stereocenters. The summed E-state index contributed by atoms with van der Waals surface area (Å²) in [5, 5.41) is 9.72. The van der Waals surface area contributed by atoms with Gasteiger partial charge in [0, 0.05) is 13.0 Å². The average molecular weight is 452 g/mol. The van der Waals surface area contributed by atoms with E-state index in [0.717, 1.165) is 21.6 Å². The molecule has 9 heteroatoms. The lowest BCUT2D eigenvalue weighted by Crippen LogP contribution is -2.55. The number of aromatic nitrogens is 3. The van der Waals surface area contributed by atoms with E-state index in [0.29, 0.717) is 0 Å². The number of carbonyl (C=O) groups excluding carboxylic acids is 1. The maximum Gasteiger partial charge on any atom is 0.287 e. The van der Waals surface area contributed by atoms with Crippen molar-refractivity contribution in [2.24, 2.45) is 0 Å². The zero-order valence-corrected chi connectivity index (χ0v) is 17.4. The summed E-state index contributed by atoms with van der Waals surface area (Å²) in [4.78, 5) is 15.5. The number of benzene rings is 3. The number of rotatable bonds is 4. The zero-order chi connectivity index (χ0) is 23.0. The van der Waals surface area contributed by atoms with Gasteiger partial charge in [0.1, 0.15) is 22.8 Å².